The Balaban J connectivity index is 1.93. The molecule has 0 saturated heterocycles. The Kier molecular flexibility index (Phi) is 4.58. The Morgan fingerprint density at radius 2 is 2.07 bits per heavy atom. The van der Waals surface area contributed by atoms with Gasteiger partial charge in [-0.05, 0) is 45.4 Å². The Hall–Kier alpha value is -0.570. The molecule has 0 aromatic rings. The lowest BCUT2D eigenvalue weighted by molar-refractivity contribution is -0.147. The van der Waals surface area contributed by atoms with Crippen molar-refractivity contribution in [1.29, 1.82) is 0 Å². The van der Waals surface area contributed by atoms with Crippen LogP contribution in [0.1, 0.15) is 46.0 Å². The van der Waals surface area contributed by atoms with Crippen LogP contribution in [0.4, 0.5) is 0 Å². The fourth-order valence-corrected chi connectivity index (χ4v) is 1.41. The molecule has 1 fully saturated rings. The van der Waals surface area contributed by atoms with E-state index in [1.807, 2.05) is 0 Å². The summed E-state index contributed by atoms with van der Waals surface area (Å²) < 4.78 is 5.49. The van der Waals surface area contributed by atoms with Crippen LogP contribution in [0.3, 0.4) is 0 Å². The topological polar surface area (TPSA) is 46.5 Å². The first-order chi connectivity index (χ1) is 7.02. The fraction of sp³-hybridized carbons (Fsp3) is 0.917. The van der Waals surface area contributed by atoms with Crippen LogP contribution in [0.5, 0.6) is 0 Å². The maximum Gasteiger partial charge on any atom is 0.309 e. The van der Waals surface area contributed by atoms with Crippen LogP contribution in [0.25, 0.3) is 0 Å². The maximum absolute atomic E-state index is 10.8. The average molecular weight is 214 g/mol. The number of ether oxygens (including phenoxy) is 1. The number of aliphatic carboxylic acids is 1. The largest absolute Gasteiger partial charge is 0.481 e. The van der Waals surface area contributed by atoms with E-state index in [1.54, 1.807) is 13.8 Å². The highest BCUT2D eigenvalue weighted by Gasteiger charge is 2.26. The molecule has 15 heavy (non-hydrogen) atoms. The number of unbranched alkanes of at least 4 members (excludes halogenated alkanes) is 1. The van der Waals surface area contributed by atoms with Gasteiger partial charge in [0, 0.05) is 13.2 Å². The van der Waals surface area contributed by atoms with Crippen molar-refractivity contribution in [3.8, 4) is 0 Å². The predicted molar refractivity (Wildman–Crippen MR) is 58.8 cm³/mol. The van der Waals surface area contributed by atoms with Crippen LogP contribution in [0.15, 0.2) is 0 Å². The van der Waals surface area contributed by atoms with Gasteiger partial charge >= 0.3 is 5.97 Å². The molecule has 1 N–H and O–H groups in total. The van der Waals surface area contributed by atoms with E-state index in [-0.39, 0.29) is 0 Å². The van der Waals surface area contributed by atoms with Gasteiger partial charge in [-0.3, -0.25) is 4.79 Å². The molecular formula is C12H22O3. The van der Waals surface area contributed by atoms with Crippen molar-refractivity contribution in [1.82, 2.24) is 0 Å². The summed E-state index contributed by atoms with van der Waals surface area (Å²) in [7, 11) is 0. The normalized spacial score (nSPS) is 16.7. The number of carboxylic acid groups (broad SMARTS) is 1. The summed E-state index contributed by atoms with van der Waals surface area (Å²) in [5.41, 5.74) is -0.587. The average Bonchev–Trinajstić information content (AvgIpc) is 2.94. The molecule has 0 aromatic heterocycles. The summed E-state index contributed by atoms with van der Waals surface area (Å²) in [5, 5.41) is 8.89. The van der Waals surface area contributed by atoms with Gasteiger partial charge in [0.25, 0.3) is 0 Å². The van der Waals surface area contributed by atoms with Gasteiger partial charge in [0.2, 0.25) is 0 Å². The standard InChI is InChI=1S/C12H22O3/c1-12(2,11(13)14)7-3-4-8-15-9-10-5-6-10/h10H,3-9H2,1-2H3,(H,13,14). The minimum absolute atomic E-state index is 0.587. The second kappa shape index (κ2) is 5.50. The van der Waals surface area contributed by atoms with Crippen molar-refractivity contribution >= 4 is 5.97 Å². The lowest BCUT2D eigenvalue weighted by atomic mass is 9.87. The van der Waals surface area contributed by atoms with Crippen molar-refractivity contribution in [2.45, 2.75) is 46.0 Å². The first-order valence-electron chi connectivity index (χ1n) is 5.83. The minimum atomic E-state index is -0.707. The minimum Gasteiger partial charge on any atom is -0.481 e. The SMILES string of the molecule is CC(C)(CCCCOCC1CC1)C(=O)O. The number of hydrogen-bond donors (Lipinski definition) is 1. The van der Waals surface area contributed by atoms with Gasteiger partial charge in [-0.1, -0.05) is 6.42 Å². The Labute approximate surface area is 91.8 Å². The van der Waals surface area contributed by atoms with E-state index < -0.39 is 11.4 Å². The van der Waals surface area contributed by atoms with E-state index in [2.05, 4.69) is 0 Å². The van der Waals surface area contributed by atoms with Crippen LogP contribution in [-0.2, 0) is 9.53 Å². The maximum atomic E-state index is 10.8. The number of carbonyl (C=O) groups is 1. The number of hydrogen-bond acceptors (Lipinski definition) is 2. The predicted octanol–water partition coefficient (Wildman–Crippen LogP) is 2.69. The molecule has 0 aromatic carbocycles. The van der Waals surface area contributed by atoms with E-state index >= 15 is 0 Å². The van der Waals surface area contributed by atoms with Crippen LogP contribution in [0, 0.1) is 11.3 Å². The summed E-state index contributed by atoms with van der Waals surface area (Å²) >= 11 is 0. The third-order valence-corrected chi connectivity index (χ3v) is 2.97. The Bertz CT molecular complexity index is 207. The van der Waals surface area contributed by atoms with Gasteiger partial charge in [0.05, 0.1) is 5.41 Å². The molecule has 3 heteroatoms. The highest BCUT2D eigenvalue weighted by atomic mass is 16.5. The van der Waals surface area contributed by atoms with Gasteiger partial charge in [0.15, 0.2) is 0 Å². The molecule has 0 heterocycles. The molecule has 1 rings (SSSR count). The molecule has 1 saturated carbocycles. The number of rotatable bonds is 8. The van der Waals surface area contributed by atoms with Gasteiger partial charge < -0.3 is 9.84 Å². The zero-order valence-corrected chi connectivity index (χ0v) is 9.79. The van der Waals surface area contributed by atoms with Crippen molar-refractivity contribution in [3.05, 3.63) is 0 Å². The fourth-order valence-electron chi connectivity index (χ4n) is 1.41. The van der Waals surface area contributed by atoms with Crippen molar-refractivity contribution in [3.63, 3.8) is 0 Å². The lowest BCUT2D eigenvalue weighted by Gasteiger charge is -2.18. The summed E-state index contributed by atoms with van der Waals surface area (Å²) in [6, 6.07) is 0. The molecule has 0 amide bonds. The first kappa shape index (κ1) is 12.5. The van der Waals surface area contributed by atoms with Gasteiger partial charge in [-0.25, -0.2) is 0 Å². The molecule has 1 aliphatic rings. The second-order valence-electron chi connectivity index (χ2n) is 5.16. The zero-order valence-electron chi connectivity index (χ0n) is 9.79. The molecule has 0 radical (unpaired) electrons. The van der Waals surface area contributed by atoms with E-state index in [0.717, 1.165) is 38.4 Å². The van der Waals surface area contributed by atoms with Crippen LogP contribution in [0.2, 0.25) is 0 Å². The smallest absolute Gasteiger partial charge is 0.309 e. The summed E-state index contributed by atoms with van der Waals surface area (Å²) in [5.74, 6) is 0.113. The molecule has 3 nitrogen and oxygen atoms in total. The van der Waals surface area contributed by atoms with Crippen LogP contribution >= 0.6 is 0 Å². The van der Waals surface area contributed by atoms with Crippen molar-refractivity contribution < 1.29 is 14.6 Å². The van der Waals surface area contributed by atoms with Gasteiger partial charge in [-0.15, -0.1) is 0 Å². The molecule has 88 valence electrons. The first-order valence-corrected chi connectivity index (χ1v) is 5.83. The lowest BCUT2D eigenvalue weighted by Crippen LogP contribution is -2.23. The van der Waals surface area contributed by atoms with Crippen LogP contribution < -0.4 is 0 Å². The summed E-state index contributed by atoms with van der Waals surface area (Å²) in [4.78, 5) is 10.8. The van der Waals surface area contributed by atoms with Gasteiger partial charge in [0.1, 0.15) is 0 Å². The second-order valence-corrected chi connectivity index (χ2v) is 5.16. The quantitative estimate of drug-likeness (QED) is 0.632. The molecule has 0 spiro atoms. The molecule has 0 aliphatic heterocycles. The Morgan fingerprint density at radius 1 is 1.40 bits per heavy atom. The third-order valence-electron chi connectivity index (χ3n) is 2.97. The monoisotopic (exact) mass is 214 g/mol. The van der Waals surface area contributed by atoms with Crippen molar-refractivity contribution in [2.24, 2.45) is 11.3 Å². The van der Waals surface area contributed by atoms with E-state index in [1.165, 1.54) is 12.8 Å². The highest BCUT2D eigenvalue weighted by Crippen LogP contribution is 2.29. The van der Waals surface area contributed by atoms with E-state index in [0.29, 0.717) is 0 Å². The molecule has 0 bridgehead atoms. The zero-order chi connectivity index (χ0) is 11.3. The highest BCUT2D eigenvalue weighted by molar-refractivity contribution is 5.73. The van der Waals surface area contributed by atoms with E-state index in [9.17, 15) is 4.79 Å². The van der Waals surface area contributed by atoms with Crippen molar-refractivity contribution in [2.75, 3.05) is 13.2 Å². The van der Waals surface area contributed by atoms with E-state index in [4.69, 9.17) is 9.84 Å². The molecule has 1 aliphatic carbocycles. The Morgan fingerprint density at radius 3 is 2.60 bits per heavy atom. The molecule has 0 atom stereocenters. The summed E-state index contributed by atoms with van der Waals surface area (Å²) in [6.45, 7) is 5.25. The van der Waals surface area contributed by atoms with Crippen LogP contribution in [-0.4, -0.2) is 24.3 Å². The third kappa shape index (κ3) is 5.17. The molecule has 0 unspecified atom stereocenters. The molecular weight excluding hydrogens is 192 g/mol. The van der Waals surface area contributed by atoms with Gasteiger partial charge in [-0.2, -0.15) is 0 Å². The number of carboxylic acids is 1. The summed E-state index contributed by atoms with van der Waals surface area (Å²) in [6.07, 6.45) is 5.29.